The number of nitrogens with zero attached hydrogens (tertiary/aromatic N) is 1. The number of carbonyl (C=O) groups is 3. The Bertz CT molecular complexity index is 1920. The van der Waals surface area contributed by atoms with Crippen LogP contribution in [-0.4, -0.2) is 53.4 Å². The molecule has 3 aliphatic heterocycles. The number of benzene rings is 3. The lowest BCUT2D eigenvalue weighted by atomic mass is 9.72. The molecule has 3 aliphatic rings. The van der Waals surface area contributed by atoms with Crippen molar-refractivity contribution in [3.8, 4) is 16.9 Å². The van der Waals surface area contributed by atoms with Crippen LogP contribution in [0.25, 0.3) is 11.1 Å². The van der Waals surface area contributed by atoms with Crippen molar-refractivity contribution in [2.24, 2.45) is 11.8 Å². The van der Waals surface area contributed by atoms with Gasteiger partial charge in [-0.1, -0.05) is 88.4 Å². The van der Waals surface area contributed by atoms with Crippen LogP contribution >= 0.6 is 0 Å². The summed E-state index contributed by atoms with van der Waals surface area (Å²) in [6, 6.07) is 19.8. The largest absolute Gasteiger partial charge is 0.469 e. The molecule has 3 aromatic carbocycles. The molecule has 4 bridgehead atoms. The van der Waals surface area contributed by atoms with E-state index in [9.17, 15) is 19.5 Å². The number of anilines is 1. The Hall–Kier alpha value is -5.16. The zero-order chi connectivity index (χ0) is 33.9. The maximum Gasteiger partial charge on any atom is 0.360 e. The summed E-state index contributed by atoms with van der Waals surface area (Å²) in [6.07, 6.45) is -1.89. The molecule has 2 amide bonds. The SMILES string of the molecule is COC(=O)c1nc2oc1C13c4cc(ccc4OC1Nc1c(-c4ccccc4)cccc13)C[C@H](NC(=O)[C@@H](O)C(C)C)C(=O)N[C@H]2C(C)C. The van der Waals surface area contributed by atoms with Gasteiger partial charge in [-0.3, -0.25) is 9.59 Å². The molecule has 0 saturated heterocycles. The van der Waals surface area contributed by atoms with Crippen LogP contribution in [0, 0.1) is 11.8 Å². The van der Waals surface area contributed by atoms with Crippen LogP contribution in [0.15, 0.2) is 71.1 Å². The number of oxazole rings is 1. The van der Waals surface area contributed by atoms with Gasteiger partial charge >= 0.3 is 5.97 Å². The third-order valence-corrected chi connectivity index (χ3v) is 9.54. The molecule has 0 fully saturated rings. The van der Waals surface area contributed by atoms with Crippen molar-refractivity contribution in [2.45, 2.75) is 63.9 Å². The van der Waals surface area contributed by atoms with Gasteiger partial charge in [-0.15, -0.1) is 0 Å². The fourth-order valence-corrected chi connectivity index (χ4v) is 7.03. The van der Waals surface area contributed by atoms with Gasteiger partial charge in [-0.2, -0.15) is 0 Å². The van der Waals surface area contributed by atoms with Crippen molar-refractivity contribution in [3.63, 3.8) is 0 Å². The van der Waals surface area contributed by atoms with Crippen molar-refractivity contribution in [1.29, 1.82) is 0 Å². The van der Waals surface area contributed by atoms with Crippen LogP contribution in [0.5, 0.6) is 5.75 Å². The monoisotopic (exact) mass is 650 g/mol. The standard InChI is InChI=1S/C37H38N4O7/c1-18(2)27-34-40-29(35(45)46-5)31(48-34)37-23-13-9-12-22(21-10-7-6-8-11-21)28(23)41-36(37)47-26-15-14-20(16-24(26)37)17-25(32(43)39-27)38-33(44)30(42)19(3)4/h6-16,18-19,25,27,30,36,41-42H,17H2,1-5H3,(H,38,44)(H,39,43)/t25-,27-,30-,36?,37?/m0/s1. The zero-order valence-corrected chi connectivity index (χ0v) is 27.4. The molecule has 4 aromatic rings. The first-order valence-corrected chi connectivity index (χ1v) is 16.2. The highest BCUT2D eigenvalue weighted by molar-refractivity contribution is 5.93. The molecular weight excluding hydrogens is 612 g/mol. The summed E-state index contributed by atoms with van der Waals surface area (Å²) >= 11 is 0. The molecule has 0 aliphatic carbocycles. The molecule has 11 nitrogen and oxygen atoms in total. The summed E-state index contributed by atoms with van der Waals surface area (Å²) in [5.41, 5.74) is 3.82. The van der Waals surface area contributed by atoms with Crippen LogP contribution in [0.3, 0.4) is 0 Å². The second-order valence-electron chi connectivity index (χ2n) is 13.3. The lowest BCUT2D eigenvalue weighted by molar-refractivity contribution is -0.135. The number of fused-ring (bicyclic) bond motifs is 4. The van der Waals surface area contributed by atoms with E-state index in [0.29, 0.717) is 11.3 Å². The van der Waals surface area contributed by atoms with Gasteiger partial charge in [-0.05, 0) is 29.0 Å². The molecule has 5 atom stereocenters. The molecule has 1 aromatic heterocycles. The maximum atomic E-state index is 13.9. The minimum absolute atomic E-state index is 0.0248. The van der Waals surface area contributed by atoms with Crippen molar-refractivity contribution < 1.29 is 33.4 Å². The van der Waals surface area contributed by atoms with Gasteiger partial charge in [0.05, 0.1) is 7.11 Å². The van der Waals surface area contributed by atoms with Crippen molar-refractivity contribution >= 4 is 23.5 Å². The Kier molecular flexibility index (Phi) is 7.74. The normalized spacial score (nSPS) is 22.8. The quantitative estimate of drug-likeness (QED) is 0.222. The first-order chi connectivity index (χ1) is 23.0. The number of hydrogen-bond donors (Lipinski definition) is 4. The number of ether oxygens (including phenoxy) is 2. The topological polar surface area (TPSA) is 152 Å². The van der Waals surface area contributed by atoms with E-state index in [2.05, 4.69) is 16.0 Å². The van der Waals surface area contributed by atoms with Gasteiger partial charge in [-0.25, -0.2) is 9.78 Å². The number of rotatable bonds is 6. The average Bonchev–Trinajstić information content (AvgIpc) is 3.75. The number of para-hydroxylation sites is 1. The fraction of sp³-hybridized carbons (Fsp3) is 0.351. The molecule has 0 radical (unpaired) electrons. The van der Waals surface area contributed by atoms with E-state index >= 15 is 0 Å². The molecule has 248 valence electrons. The van der Waals surface area contributed by atoms with Gasteiger partial charge in [0.15, 0.2) is 17.7 Å². The Morgan fingerprint density at radius 1 is 1.02 bits per heavy atom. The van der Waals surface area contributed by atoms with Crippen LogP contribution in [0.1, 0.15) is 72.6 Å². The lowest BCUT2D eigenvalue weighted by Crippen LogP contribution is -2.52. The second-order valence-corrected chi connectivity index (χ2v) is 13.3. The molecule has 4 heterocycles. The molecule has 2 unspecified atom stereocenters. The maximum absolute atomic E-state index is 13.9. The molecule has 4 N–H and O–H groups in total. The molecule has 48 heavy (non-hydrogen) atoms. The van der Waals surface area contributed by atoms with E-state index in [0.717, 1.165) is 27.9 Å². The third kappa shape index (κ3) is 4.83. The zero-order valence-electron chi connectivity index (χ0n) is 27.4. The number of esters is 1. The summed E-state index contributed by atoms with van der Waals surface area (Å²) in [4.78, 5) is 45.2. The van der Waals surface area contributed by atoms with Crippen LogP contribution in [-0.2, 0) is 26.2 Å². The Morgan fingerprint density at radius 2 is 1.79 bits per heavy atom. The van der Waals surface area contributed by atoms with Crippen LogP contribution in [0.2, 0.25) is 0 Å². The van der Waals surface area contributed by atoms with Crippen molar-refractivity contribution in [3.05, 3.63) is 101 Å². The molecule has 1 spiro atoms. The summed E-state index contributed by atoms with van der Waals surface area (Å²) in [5.74, 6) is -1.48. The van der Waals surface area contributed by atoms with E-state index in [1.165, 1.54) is 7.11 Å². The Labute approximate surface area is 278 Å². The highest BCUT2D eigenvalue weighted by Gasteiger charge is 2.61. The number of carbonyl (C=O) groups excluding carboxylic acids is 3. The van der Waals surface area contributed by atoms with Gasteiger partial charge in [0.25, 0.3) is 0 Å². The van der Waals surface area contributed by atoms with Gasteiger partial charge in [0, 0.05) is 28.8 Å². The summed E-state index contributed by atoms with van der Waals surface area (Å²) in [6.45, 7) is 7.25. The molecular formula is C37H38N4O7. The van der Waals surface area contributed by atoms with E-state index in [4.69, 9.17) is 18.9 Å². The number of aliphatic hydroxyl groups is 1. The predicted octanol–water partition coefficient (Wildman–Crippen LogP) is 4.48. The number of nitrogens with one attached hydrogen (secondary N) is 3. The minimum atomic E-state index is -1.30. The van der Waals surface area contributed by atoms with E-state index in [-0.39, 0.29) is 35.6 Å². The highest BCUT2D eigenvalue weighted by atomic mass is 16.5. The first kappa shape index (κ1) is 31.4. The number of methoxy groups -OCH3 is 1. The highest BCUT2D eigenvalue weighted by Crippen LogP contribution is 2.60. The fourth-order valence-electron chi connectivity index (χ4n) is 7.03. The lowest BCUT2D eigenvalue weighted by Gasteiger charge is -2.29. The number of hydrogen-bond acceptors (Lipinski definition) is 9. The Balaban J connectivity index is 1.49. The summed E-state index contributed by atoms with van der Waals surface area (Å²) in [5, 5.41) is 19.9. The van der Waals surface area contributed by atoms with E-state index in [1.54, 1.807) is 13.8 Å². The van der Waals surface area contributed by atoms with E-state index < -0.39 is 47.6 Å². The average molecular weight is 651 g/mol. The van der Waals surface area contributed by atoms with Crippen LogP contribution < -0.4 is 20.7 Å². The summed E-state index contributed by atoms with van der Waals surface area (Å²) in [7, 11) is 1.29. The predicted molar refractivity (Wildman–Crippen MR) is 176 cm³/mol. The van der Waals surface area contributed by atoms with E-state index in [1.807, 2.05) is 80.6 Å². The van der Waals surface area contributed by atoms with Gasteiger partial charge < -0.3 is 34.9 Å². The van der Waals surface area contributed by atoms with Crippen molar-refractivity contribution in [1.82, 2.24) is 15.6 Å². The number of aromatic nitrogens is 1. The second kappa shape index (κ2) is 11.8. The van der Waals surface area contributed by atoms with Gasteiger partial charge in [0.2, 0.25) is 17.7 Å². The molecule has 11 heteroatoms. The minimum Gasteiger partial charge on any atom is -0.469 e. The smallest absolute Gasteiger partial charge is 0.360 e. The van der Waals surface area contributed by atoms with Crippen molar-refractivity contribution in [2.75, 3.05) is 12.4 Å². The summed E-state index contributed by atoms with van der Waals surface area (Å²) < 4.78 is 18.6. The number of aliphatic hydroxyl groups excluding tert-OH is 1. The molecule has 0 saturated carbocycles. The first-order valence-electron chi connectivity index (χ1n) is 16.2. The third-order valence-electron chi connectivity index (χ3n) is 9.54. The van der Waals surface area contributed by atoms with Gasteiger partial charge in [0.1, 0.15) is 29.4 Å². The molecule has 7 rings (SSSR count). The Morgan fingerprint density at radius 3 is 2.50 bits per heavy atom. The number of amides is 2. The van der Waals surface area contributed by atoms with Crippen LogP contribution in [0.4, 0.5) is 5.69 Å².